The lowest BCUT2D eigenvalue weighted by Crippen LogP contribution is -2.41. The third-order valence-corrected chi connectivity index (χ3v) is 5.22. The van der Waals surface area contributed by atoms with Crippen molar-refractivity contribution >= 4 is 17.2 Å². The van der Waals surface area contributed by atoms with Gasteiger partial charge in [0.15, 0.2) is 0 Å². The predicted molar refractivity (Wildman–Crippen MR) is 82.0 cm³/mol. The number of rotatable bonds is 3. The summed E-state index contributed by atoms with van der Waals surface area (Å²) in [5, 5.41) is 0.762. The van der Waals surface area contributed by atoms with Crippen molar-refractivity contribution < 1.29 is 9.18 Å². The molecule has 1 aliphatic rings. The highest BCUT2D eigenvalue weighted by Gasteiger charge is 2.28. The lowest BCUT2D eigenvalue weighted by atomic mass is 9.92. The SMILES string of the molecule is Cc1nc(-c2ccc(F)cc2)sc1C(=O)N(C)C1CCC1. The molecule has 3 nitrogen and oxygen atoms in total. The first-order valence-electron chi connectivity index (χ1n) is 7.07. The monoisotopic (exact) mass is 304 g/mol. The highest BCUT2D eigenvalue weighted by Crippen LogP contribution is 2.31. The van der Waals surface area contributed by atoms with Crippen LogP contribution >= 0.6 is 11.3 Å². The molecule has 1 aliphatic carbocycles. The van der Waals surface area contributed by atoms with E-state index in [0.29, 0.717) is 10.9 Å². The third-order valence-electron chi connectivity index (χ3n) is 4.02. The van der Waals surface area contributed by atoms with Crippen molar-refractivity contribution in [2.75, 3.05) is 7.05 Å². The van der Waals surface area contributed by atoms with E-state index in [1.165, 1.54) is 29.9 Å². The van der Waals surface area contributed by atoms with E-state index >= 15 is 0 Å². The van der Waals surface area contributed by atoms with Crippen LogP contribution < -0.4 is 0 Å². The van der Waals surface area contributed by atoms with Gasteiger partial charge in [0.25, 0.3) is 5.91 Å². The number of amides is 1. The minimum Gasteiger partial charge on any atom is -0.338 e. The number of halogens is 1. The summed E-state index contributed by atoms with van der Waals surface area (Å²) in [6.45, 7) is 1.85. The number of carbonyl (C=O) groups is 1. The molecule has 0 radical (unpaired) electrons. The maximum atomic E-state index is 13.0. The van der Waals surface area contributed by atoms with Gasteiger partial charge in [-0.25, -0.2) is 9.37 Å². The molecule has 5 heteroatoms. The van der Waals surface area contributed by atoms with Crippen LogP contribution in [0.5, 0.6) is 0 Å². The zero-order valence-electron chi connectivity index (χ0n) is 12.1. The summed E-state index contributed by atoms with van der Waals surface area (Å²) in [6, 6.07) is 6.57. The summed E-state index contributed by atoms with van der Waals surface area (Å²) < 4.78 is 13.0. The van der Waals surface area contributed by atoms with Crippen molar-refractivity contribution in [3.63, 3.8) is 0 Å². The van der Waals surface area contributed by atoms with Crippen LogP contribution in [0.2, 0.25) is 0 Å². The molecule has 0 atom stereocenters. The molecule has 21 heavy (non-hydrogen) atoms. The van der Waals surface area contributed by atoms with Gasteiger partial charge in [-0.1, -0.05) is 0 Å². The van der Waals surface area contributed by atoms with Gasteiger partial charge in [0.05, 0.1) is 5.69 Å². The summed E-state index contributed by atoms with van der Waals surface area (Å²) in [6.07, 6.45) is 3.38. The van der Waals surface area contributed by atoms with Crippen molar-refractivity contribution in [1.29, 1.82) is 0 Å². The number of hydrogen-bond donors (Lipinski definition) is 0. The third kappa shape index (κ3) is 2.70. The molecule has 1 fully saturated rings. The van der Waals surface area contributed by atoms with Gasteiger partial charge in [-0.05, 0) is 50.5 Å². The predicted octanol–water partition coefficient (Wildman–Crippen LogP) is 3.88. The van der Waals surface area contributed by atoms with E-state index in [0.717, 1.165) is 29.1 Å². The summed E-state index contributed by atoms with van der Waals surface area (Å²) >= 11 is 1.38. The second-order valence-corrected chi connectivity index (χ2v) is 6.44. The minimum absolute atomic E-state index is 0.0445. The van der Waals surface area contributed by atoms with Gasteiger partial charge in [0, 0.05) is 18.7 Å². The zero-order valence-corrected chi connectivity index (χ0v) is 12.9. The molecule has 1 amide bonds. The summed E-state index contributed by atoms with van der Waals surface area (Å²) in [5.74, 6) is -0.226. The lowest BCUT2D eigenvalue weighted by molar-refractivity contribution is 0.0656. The second kappa shape index (κ2) is 5.56. The first kappa shape index (κ1) is 14.2. The van der Waals surface area contributed by atoms with Crippen LogP contribution in [0.15, 0.2) is 24.3 Å². The molecule has 0 bridgehead atoms. The van der Waals surface area contributed by atoms with Crippen LogP contribution in [-0.4, -0.2) is 28.9 Å². The van der Waals surface area contributed by atoms with E-state index in [-0.39, 0.29) is 11.7 Å². The fraction of sp³-hybridized carbons (Fsp3) is 0.375. The molecular weight excluding hydrogens is 287 g/mol. The Bertz CT molecular complexity index is 661. The molecule has 0 aliphatic heterocycles. The van der Waals surface area contributed by atoms with Crippen molar-refractivity contribution in [3.05, 3.63) is 40.7 Å². The van der Waals surface area contributed by atoms with Crippen LogP contribution in [0.25, 0.3) is 10.6 Å². The minimum atomic E-state index is -0.270. The number of aryl methyl sites for hydroxylation is 1. The first-order chi connectivity index (χ1) is 10.1. The molecular formula is C16H17FN2OS. The van der Waals surface area contributed by atoms with Gasteiger partial charge in [0.2, 0.25) is 0 Å². The van der Waals surface area contributed by atoms with E-state index in [2.05, 4.69) is 4.98 Å². The van der Waals surface area contributed by atoms with Crippen LogP contribution in [0.4, 0.5) is 4.39 Å². The van der Waals surface area contributed by atoms with Gasteiger partial charge >= 0.3 is 0 Å². The van der Waals surface area contributed by atoms with E-state index in [1.807, 2.05) is 18.9 Å². The van der Waals surface area contributed by atoms with Crippen LogP contribution in [0, 0.1) is 12.7 Å². The zero-order chi connectivity index (χ0) is 15.0. The normalized spacial score (nSPS) is 14.8. The quantitative estimate of drug-likeness (QED) is 0.862. The largest absolute Gasteiger partial charge is 0.338 e. The average molecular weight is 304 g/mol. The number of nitrogens with zero attached hydrogens (tertiary/aromatic N) is 2. The van der Waals surface area contributed by atoms with Gasteiger partial charge < -0.3 is 4.90 Å². The Morgan fingerprint density at radius 2 is 2.00 bits per heavy atom. The highest BCUT2D eigenvalue weighted by molar-refractivity contribution is 7.17. The molecule has 1 heterocycles. The maximum absolute atomic E-state index is 13.0. The molecule has 0 saturated heterocycles. The van der Waals surface area contributed by atoms with E-state index in [9.17, 15) is 9.18 Å². The van der Waals surface area contributed by atoms with Crippen molar-refractivity contribution in [2.24, 2.45) is 0 Å². The summed E-state index contributed by atoms with van der Waals surface area (Å²) in [4.78, 5) is 19.5. The van der Waals surface area contributed by atoms with E-state index < -0.39 is 0 Å². The lowest BCUT2D eigenvalue weighted by Gasteiger charge is -2.34. The number of hydrogen-bond acceptors (Lipinski definition) is 3. The van der Waals surface area contributed by atoms with Crippen molar-refractivity contribution in [1.82, 2.24) is 9.88 Å². The molecule has 110 valence electrons. The average Bonchev–Trinajstić information content (AvgIpc) is 2.78. The molecule has 1 aromatic heterocycles. The topological polar surface area (TPSA) is 33.2 Å². The number of benzene rings is 1. The Morgan fingerprint density at radius 3 is 2.57 bits per heavy atom. The molecule has 0 spiro atoms. The number of carbonyl (C=O) groups excluding carboxylic acids is 1. The van der Waals surface area contributed by atoms with Gasteiger partial charge in [0.1, 0.15) is 15.7 Å². The fourth-order valence-corrected chi connectivity index (χ4v) is 3.47. The smallest absolute Gasteiger partial charge is 0.265 e. The Balaban J connectivity index is 1.87. The summed E-state index contributed by atoms with van der Waals surface area (Å²) in [5.41, 5.74) is 1.59. The van der Waals surface area contributed by atoms with E-state index in [4.69, 9.17) is 0 Å². The number of aromatic nitrogens is 1. The number of thiazole rings is 1. The molecule has 0 N–H and O–H groups in total. The highest BCUT2D eigenvalue weighted by atomic mass is 32.1. The van der Waals surface area contributed by atoms with E-state index in [1.54, 1.807) is 12.1 Å². The molecule has 1 saturated carbocycles. The van der Waals surface area contributed by atoms with Gasteiger partial charge in [-0.15, -0.1) is 11.3 Å². The van der Waals surface area contributed by atoms with Gasteiger partial charge in [-0.3, -0.25) is 4.79 Å². The first-order valence-corrected chi connectivity index (χ1v) is 7.88. The summed E-state index contributed by atoms with van der Waals surface area (Å²) in [7, 11) is 1.86. The standard InChI is InChI=1S/C16H17FN2OS/c1-10-14(16(20)19(2)13-4-3-5-13)21-15(18-10)11-6-8-12(17)9-7-11/h6-9,13H,3-5H2,1-2H3. The van der Waals surface area contributed by atoms with Crippen molar-refractivity contribution in [3.8, 4) is 10.6 Å². The second-order valence-electron chi connectivity index (χ2n) is 5.44. The fourth-order valence-electron chi connectivity index (χ4n) is 2.41. The Kier molecular flexibility index (Phi) is 3.76. The molecule has 1 aromatic carbocycles. The Morgan fingerprint density at radius 1 is 1.33 bits per heavy atom. The Labute approximate surface area is 127 Å². The van der Waals surface area contributed by atoms with Crippen LogP contribution in [-0.2, 0) is 0 Å². The molecule has 0 unspecified atom stereocenters. The van der Waals surface area contributed by atoms with Crippen LogP contribution in [0.1, 0.15) is 34.6 Å². The Hall–Kier alpha value is -1.75. The molecule has 3 rings (SSSR count). The van der Waals surface area contributed by atoms with Gasteiger partial charge in [-0.2, -0.15) is 0 Å². The maximum Gasteiger partial charge on any atom is 0.265 e. The van der Waals surface area contributed by atoms with Crippen molar-refractivity contribution in [2.45, 2.75) is 32.2 Å². The van der Waals surface area contributed by atoms with Crippen LogP contribution in [0.3, 0.4) is 0 Å². The molecule has 2 aromatic rings.